The maximum atomic E-state index is 11.8. The van der Waals surface area contributed by atoms with Crippen molar-refractivity contribution in [3.05, 3.63) is 40.8 Å². The zero-order valence-electron chi connectivity index (χ0n) is 10.3. The first-order valence-corrected chi connectivity index (χ1v) is 6.73. The molecule has 0 radical (unpaired) electrons. The first-order valence-electron chi connectivity index (χ1n) is 6.20. The smallest absolute Gasteiger partial charge is 0.255 e. The molecular formula is C13H14ClN4O+. The van der Waals surface area contributed by atoms with Gasteiger partial charge in [-0.2, -0.15) is 4.70 Å². The van der Waals surface area contributed by atoms with E-state index in [9.17, 15) is 4.79 Å². The van der Waals surface area contributed by atoms with Gasteiger partial charge in [-0.3, -0.25) is 4.79 Å². The minimum absolute atomic E-state index is 0.0730. The van der Waals surface area contributed by atoms with Gasteiger partial charge in [-0.1, -0.05) is 6.07 Å². The van der Waals surface area contributed by atoms with Crippen LogP contribution >= 0.6 is 11.6 Å². The molecule has 0 spiro atoms. The highest BCUT2D eigenvalue weighted by Crippen LogP contribution is 2.26. The number of hydrogen-bond donors (Lipinski definition) is 1. The quantitative estimate of drug-likeness (QED) is 0.689. The molecule has 1 N–H and O–H groups in total. The molecule has 0 bridgehead atoms. The van der Waals surface area contributed by atoms with E-state index in [-0.39, 0.29) is 5.56 Å². The second kappa shape index (κ2) is 5.01. The predicted molar refractivity (Wildman–Crippen MR) is 75.1 cm³/mol. The molecule has 2 heterocycles. The van der Waals surface area contributed by atoms with Gasteiger partial charge in [-0.15, -0.1) is 16.6 Å². The monoisotopic (exact) mass is 277 g/mol. The van der Waals surface area contributed by atoms with Gasteiger partial charge in [0.2, 0.25) is 0 Å². The van der Waals surface area contributed by atoms with E-state index in [0.717, 1.165) is 30.7 Å². The SMILES string of the molecule is O=c1[nH]ccc2c(N3CC[N+](CCCl)=N3)cccc12. The number of benzene rings is 1. The number of nitrogens with zero attached hydrogens (tertiary/aromatic N) is 3. The average molecular weight is 278 g/mol. The van der Waals surface area contributed by atoms with E-state index in [0.29, 0.717) is 11.3 Å². The maximum Gasteiger partial charge on any atom is 0.255 e. The number of rotatable bonds is 3. The molecule has 0 unspecified atom stereocenters. The second-order valence-electron chi connectivity index (χ2n) is 4.40. The molecule has 1 aliphatic rings. The Labute approximate surface area is 115 Å². The molecule has 2 aromatic rings. The van der Waals surface area contributed by atoms with E-state index in [4.69, 9.17) is 11.6 Å². The van der Waals surface area contributed by atoms with E-state index in [1.54, 1.807) is 6.20 Å². The van der Waals surface area contributed by atoms with Crippen LogP contribution in [0.2, 0.25) is 0 Å². The van der Waals surface area contributed by atoms with Crippen molar-refractivity contribution in [2.24, 2.45) is 5.22 Å². The first kappa shape index (κ1) is 12.2. The minimum atomic E-state index is -0.0730. The van der Waals surface area contributed by atoms with Crippen LogP contribution in [0.3, 0.4) is 0 Å². The lowest BCUT2D eigenvalue weighted by Crippen LogP contribution is -2.15. The summed E-state index contributed by atoms with van der Waals surface area (Å²) in [7, 11) is 0. The molecule has 98 valence electrons. The van der Waals surface area contributed by atoms with Crippen molar-refractivity contribution in [2.45, 2.75) is 0 Å². The summed E-state index contributed by atoms with van der Waals surface area (Å²) in [5.41, 5.74) is 0.886. The van der Waals surface area contributed by atoms with E-state index < -0.39 is 0 Å². The van der Waals surface area contributed by atoms with Crippen LogP contribution < -0.4 is 10.6 Å². The van der Waals surface area contributed by atoms with Crippen LogP contribution in [0.5, 0.6) is 0 Å². The number of anilines is 1. The standard InChI is InChI=1S/C13H13ClN4O/c14-5-7-17-8-9-18(16-17)12-3-1-2-11-10(12)4-6-15-13(11)19/h1-4,6H,5,7-9H2/p+1. The molecule has 5 nitrogen and oxygen atoms in total. The van der Waals surface area contributed by atoms with Crippen molar-refractivity contribution >= 4 is 28.1 Å². The highest BCUT2D eigenvalue weighted by molar-refractivity contribution is 6.17. The van der Waals surface area contributed by atoms with Gasteiger partial charge in [0.25, 0.3) is 5.56 Å². The number of nitrogens with one attached hydrogen (secondary N) is 1. The minimum Gasteiger partial charge on any atom is -0.329 e. The lowest BCUT2D eigenvalue weighted by Gasteiger charge is -2.06. The number of aromatic amines is 1. The molecule has 6 heteroatoms. The van der Waals surface area contributed by atoms with Gasteiger partial charge in [0.15, 0.2) is 12.2 Å². The van der Waals surface area contributed by atoms with Gasteiger partial charge in [0, 0.05) is 11.6 Å². The zero-order chi connectivity index (χ0) is 13.2. The molecule has 1 aliphatic heterocycles. The van der Waals surface area contributed by atoms with Crippen LogP contribution in [-0.4, -0.2) is 35.2 Å². The van der Waals surface area contributed by atoms with Crippen molar-refractivity contribution in [1.82, 2.24) is 4.98 Å². The molecule has 0 amide bonds. The molecule has 0 saturated heterocycles. The summed E-state index contributed by atoms with van der Waals surface area (Å²) in [5.74, 6) is 0.562. The summed E-state index contributed by atoms with van der Waals surface area (Å²) in [6, 6.07) is 7.60. The van der Waals surface area contributed by atoms with Crippen molar-refractivity contribution in [1.29, 1.82) is 0 Å². The van der Waals surface area contributed by atoms with Crippen LogP contribution in [-0.2, 0) is 0 Å². The summed E-state index contributed by atoms with van der Waals surface area (Å²) < 4.78 is 1.94. The summed E-state index contributed by atoms with van der Waals surface area (Å²) >= 11 is 5.73. The number of pyridine rings is 1. The Morgan fingerprint density at radius 3 is 3.11 bits per heavy atom. The van der Waals surface area contributed by atoms with Crippen molar-refractivity contribution in [3.8, 4) is 0 Å². The summed E-state index contributed by atoms with van der Waals surface area (Å²) in [6.07, 6.45) is 1.67. The average Bonchev–Trinajstić information content (AvgIpc) is 2.88. The van der Waals surface area contributed by atoms with Gasteiger partial charge < -0.3 is 4.98 Å². The van der Waals surface area contributed by atoms with Crippen molar-refractivity contribution in [2.75, 3.05) is 30.5 Å². The van der Waals surface area contributed by atoms with Crippen LogP contribution in [0.25, 0.3) is 10.8 Å². The molecule has 0 saturated carbocycles. The molecule has 0 atom stereocenters. The number of fused-ring (bicyclic) bond motifs is 1. The molecule has 19 heavy (non-hydrogen) atoms. The number of halogens is 1. The Bertz CT molecular complexity index is 694. The summed E-state index contributed by atoms with van der Waals surface area (Å²) in [4.78, 5) is 14.5. The molecule has 0 fully saturated rings. The number of hydrogen-bond acceptors (Lipinski definition) is 3. The van der Waals surface area contributed by atoms with E-state index in [1.807, 2.05) is 34.0 Å². The first-order chi connectivity index (χ1) is 9.29. The van der Waals surface area contributed by atoms with E-state index >= 15 is 0 Å². The van der Waals surface area contributed by atoms with Gasteiger partial charge in [-0.25, -0.2) is 0 Å². The van der Waals surface area contributed by atoms with Crippen LogP contribution in [0.4, 0.5) is 5.69 Å². The largest absolute Gasteiger partial charge is 0.329 e. The van der Waals surface area contributed by atoms with Crippen LogP contribution in [0, 0.1) is 0 Å². The Kier molecular flexibility index (Phi) is 3.21. The van der Waals surface area contributed by atoms with E-state index in [1.165, 1.54) is 0 Å². The number of alkyl halides is 1. The fraction of sp³-hybridized carbons (Fsp3) is 0.308. The fourth-order valence-electron chi connectivity index (χ4n) is 2.30. The Morgan fingerprint density at radius 1 is 1.37 bits per heavy atom. The summed E-state index contributed by atoms with van der Waals surface area (Å²) in [6.45, 7) is 2.40. The number of H-pyrrole nitrogens is 1. The highest BCUT2D eigenvalue weighted by Gasteiger charge is 2.25. The number of aromatic nitrogens is 1. The van der Waals surface area contributed by atoms with Gasteiger partial charge in [-0.05, 0) is 18.2 Å². The van der Waals surface area contributed by atoms with Gasteiger partial charge in [0.1, 0.15) is 13.1 Å². The van der Waals surface area contributed by atoms with Crippen molar-refractivity contribution < 1.29 is 4.70 Å². The fourth-order valence-corrected chi connectivity index (χ4v) is 2.50. The normalized spacial score (nSPS) is 15.0. The molecule has 1 aromatic carbocycles. The van der Waals surface area contributed by atoms with Gasteiger partial charge in [0.05, 0.1) is 16.5 Å². The lowest BCUT2D eigenvalue weighted by molar-refractivity contribution is -0.575. The van der Waals surface area contributed by atoms with Gasteiger partial charge >= 0.3 is 0 Å². The third kappa shape index (κ3) is 2.21. The third-order valence-corrected chi connectivity index (χ3v) is 3.39. The Hall–Kier alpha value is -1.88. The molecular weight excluding hydrogens is 264 g/mol. The summed E-state index contributed by atoms with van der Waals surface area (Å²) in [5, 5.41) is 8.03. The molecule has 3 rings (SSSR count). The molecule has 1 aromatic heterocycles. The predicted octanol–water partition coefficient (Wildman–Crippen LogP) is 1.97. The lowest BCUT2D eigenvalue weighted by atomic mass is 10.1. The second-order valence-corrected chi connectivity index (χ2v) is 4.78. The molecule has 0 aliphatic carbocycles. The highest BCUT2D eigenvalue weighted by atomic mass is 35.5. The van der Waals surface area contributed by atoms with E-state index in [2.05, 4.69) is 10.2 Å². The topological polar surface area (TPSA) is 51.5 Å². The van der Waals surface area contributed by atoms with Crippen LogP contribution in [0.1, 0.15) is 0 Å². The maximum absolute atomic E-state index is 11.8. The van der Waals surface area contributed by atoms with Crippen LogP contribution in [0.15, 0.2) is 40.5 Å². The van der Waals surface area contributed by atoms with Crippen molar-refractivity contribution in [3.63, 3.8) is 0 Å². The third-order valence-electron chi connectivity index (χ3n) is 3.22. The Morgan fingerprint density at radius 2 is 2.26 bits per heavy atom. The Balaban J connectivity index is 2.07. The zero-order valence-corrected chi connectivity index (χ0v) is 11.1.